The molecule has 1 aromatic rings. The van der Waals surface area contributed by atoms with Crippen molar-refractivity contribution in [1.82, 2.24) is 9.80 Å². The Morgan fingerprint density at radius 2 is 1.85 bits per heavy atom. The number of benzene rings is 1. The Hall–Kier alpha value is -2.97. The lowest BCUT2D eigenvalue weighted by Gasteiger charge is -2.37. The summed E-state index contributed by atoms with van der Waals surface area (Å²) in [6.45, 7) is 11.0. The topological polar surface area (TPSA) is 96.4 Å². The van der Waals surface area contributed by atoms with E-state index in [0.29, 0.717) is 45.3 Å². The second-order valence-electron chi connectivity index (χ2n) is 11.8. The van der Waals surface area contributed by atoms with E-state index in [-0.39, 0.29) is 25.0 Å². The first kappa shape index (κ1) is 31.0. The van der Waals surface area contributed by atoms with E-state index in [1.54, 1.807) is 15.9 Å². The number of ether oxygens (including phenoxy) is 2. The van der Waals surface area contributed by atoms with Crippen molar-refractivity contribution in [3.8, 4) is 0 Å². The lowest BCUT2D eigenvalue weighted by atomic mass is 9.66. The van der Waals surface area contributed by atoms with Gasteiger partial charge in [0.05, 0.1) is 18.1 Å². The van der Waals surface area contributed by atoms with Crippen LogP contribution in [0.25, 0.3) is 0 Å². The van der Waals surface area contributed by atoms with Crippen LogP contribution in [-0.2, 0) is 30.4 Å². The van der Waals surface area contributed by atoms with Crippen LogP contribution in [0.4, 0.5) is 0 Å². The van der Waals surface area contributed by atoms with Crippen LogP contribution in [0.3, 0.4) is 0 Å². The van der Waals surface area contributed by atoms with Gasteiger partial charge in [0, 0.05) is 26.2 Å². The number of hydrogen-bond acceptors (Lipinski definition) is 6. The first-order chi connectivity index (χ1) is 19.8. The Labute approximate surface area is 244 Å². The van der Waals surface area contributed by atoms with Crippen molar-refractivity contribution >= 4 is 17.8 Å². The van der Waals surface area contributed by atoms with Gasteiger partial charge in [-0.1, -0.05) is 55.3 Å². The molecule has 0 saturated carbocycles. The molecule has 3 heterocycles. The van der Waals surface area contributed by atoms with Crippen molar-refractivity contribution in [3.63, 3.8) is 0 Å². The van der Waals surface area contributed by atoms with Crippen molar-refractivity contribution in [1.29, 1.82) is 0 Å². The van der Waals surface area contributed by atoms with Gasteiger partial charge in [-0.25, -0.2) is 0 Å². The van der Waals surface area contributed by atoms with Crippen LogP contribution in [0, 0.1) is 11.8 Å². The number of aliphatic hydroxyl groups is 1. The number of esters is 1. The maximum Gasteiger partial charge on any atom is 0.312 e. The Morgan fingerprint density at radius 3 is 2.56 bits per heavy atom. The zero-order chi connectivity index (χ0) is 29.5. The molecule has 0 radical (unpaired) electrons. The summed E-state index contributed by atoms with van der Waals surface area (Å²) in [5.41, 5.74) is -0.943. The fraction of sp³-hybridized carbons (Fsp3) is 0.606. The summed E-state index contributed by atoms with van der Waals surface area (Å²) in [5, 5.41) is 9.17. The largest absolute Gasteiger partial charge is 0.465 e. The molecular weight excluding hydrogens is 520 g/mol. The summed E-state index contributed by atoms with van der Waals surface area (Å²) in [7, 11) is 0. The number of nitrogens with zero attached hydrogens (tertiary/aromatic N) is 2. The highest BCUT2D eigenvalue weighted by Gasteiger charge is 2.78. The minimum Gasteiger partial charge on any atom is -0.465 e. The van der Waals surface area contributed by atoms with Crippen LogP contribution in [0.1, 0.15) is 70.3 Å². The zero-order valence-electron chi connectivity index (χ0n) is 24.5. The molecule has 8 heteroatoms. The van der Waals surface area contributed by atoms with Gasteiger partial charge in [-0.05, 0) is 57.4 Å². The first-order valence-electron chi connectivity index (χ1n) is 15.2. The van der Waals surface area contributed by atoms with Gasteiger partial charge >= 0.3 is 5.97 Å². The van der Waals surface area contributed by atoms with Gasteiger partial charge in [0.25, 0.3) is 0 Å². The highest BCUT2D eigenvalue weighted by atomic mass is 16.6. The van der Waals surface area contributed by atoms with Crippen LogP contribution in [-0.4, -0.2) is 76.2 Å². The quantitative estimate of drug-likeness (QED) is 0.170. The molecule has 224 valence electrons. The molecule has 1 N–H and O–H groups in total. The highest BCUT2D eigenvalue weighted by Crippen LogP contribution is 2.63. The van der Waals surface area contributed by atoms with E-state index in [9.17, 15) is 14.4 Å². The lowest BCUT2D eigenvalue weighted by Crippen LogP contribution is -2.56. The molecule has 3 aliphatic rings. The monoisotopic (exact) mass is 566 g/mol. The second-order valence-corrected chi connectivity index (χ2v) is 11.8. The zero-order valence-corrected chi connectivity index (χ0v) is 24.5. The third kappa shape index (κ3) is 6.28. The molecule has 1 aromatic carbocycles. The van der Waals surface area contributed by atoms with E-state index in [0.717, 1.165) is 37.7 Å². The van der Waals surface area contributed by atoms with Gasteiger partial charge in [-0.15, -0.1) is 13.2 Å². The Balaban J connectivity index is 1.62. The van der Waals surface area contributed by atoms with Crippen molar-refractivity contribution in [3.05, 3.63) is 61.2 Å². The number of likely N-dealkylation sites (tertiary alicyclic amines) is 1. The van der Waals surface area contributed by atoms with E-state index < -0.39 is 35.0 Å². The molecule has 3 saturated heterocycles. The molecule has 5 atom stereocenters. The SMILES string of the molecule is C=CCCCCOC(=O)[C@@H]1[C@H]2C(=O)N(CCCCCCO)C(C(=O)N(CC=C)Cc3ccccc3)C23CC[C@@]1(C)O3. The van der Waals surface area contributed by atoms with Crippen molar-refractivity contribution < 1.29 is 29.0 Å². The molecular formula is C33H46N2O6. The minimum atomic E-state index is -1.07. The smallest absolute Gasteiger partial charge is 0.312 e. The van der Waals surface area contributed by atoms with E-state index in [2.05, 4.69) is 13.2 Å². The summed E-state index contributed by atoms with van der Waals surface area (Å²) >= 11 is 0. The predicted octanol–water partition coefficient (Wildman–Crippen LogP) is 4.42. The number of unbranched alkanes of at least 4 members (excludes halogenated alkanes) is 5. The molecule has 0 aliphatic carbocycles. The molecule has 3 fully saturated rings. The lowest BCUT2D eigenvalue weighted by molar-refractivity contribution is -0.160. The van der Waals surface area contributed by atoms with E-state index >= 15 is 0 Å². The van der Waals surface area contributed by atoms with Crippen molar-refractivity contribution in [2.75, 3.05) is 26.3 Å². The number of aliphatic hydroxyl groups excluding tert-OH is 1. The van der Waals surface area contributed by atoms with Crippen LogP contribution in [0.5, 0.6) is 0 Å². The average molecular weight is 567 g/mol. The van der Waals surface area contributed by atoms with Crippen molar-refractivity contribution in [2.24, 2.45) is 11.8 Å². The number of rotatable bonds is 17. The van der Waals surface area contributed by atoms with Gasteiger partial charge in [-0.2, -0.15) is 0 Å². The fourth-order valence-corrected chi connectivity index (χ4v) is 7.07. The van der Waals surface area contributed by atoms with Gasteiger partial charge < -0.3 is 24.4 Å². The van der Waals surface area contributed by atoms with Gasteiger partial charge in [0.2, 0.25) is 11.8 Å². The number of carbonyl (C=O) groups is 3. The van der Waals surface area contributed by atoms with Crippen LogP contribution in [0.2, 0.25) is 0 Å². The second kappa shape index (κ2) is 13.8. The minimum absolute atomic E-state index is 0.134. The third-order valence-electron chi connectivity index (χ3n) is 9.00. The molecule has 4 rings (SSSR count). The maximum atomic E-state index is 14.5. The van der Waals surface area contributed by atoms with Gasteiger partial charge in [-0.3, -0.25) is 14.4 Å². The molecule has 8 nitrogen and oxygen atoms in total. The standard InChI is InChI=1S/C33H46N2O6/c1-4-6-7-15-23-40-31(39)27-26-29(37)35(21-13-8-9-14-22-36)28(33(26)19-18-32(27,3)41-33)30(38)34(20-5-2)24-25-16-11-10-12-17-25/h4-5,10-12,16-17,26-28,36H,1-2,6-9,13-15,18-24H2,3H3/t26-,27-,28?,32+,33?/m0/s1. The molecule has 2 amide bonds. The molecule has 0 aromatic heterocycles. The summed E-state index contributed by atoms with van der Waals surface area (Å²) in [6, 6.07) is 8.94. The summed E-state index contributed by atoms with van der Waals surface area (Å²) in [5.74, 6) is -2.28. The molecule has 1 spiro atoms. The normalized spacial score (nSPS) is 28.0. The molecule has 41 heavy (non-hydrogen) atoms. The predicted molar refractivity (Wildman–Crippen MR) is 157 cm³/mol. The molecule has 2 bridgehead atoms. The van der Waals surface area contributed by atoms with Gasteiger partial charge in [0.15, 0.2) is 0 Å². The van der Waals surface area contributed by atoms with Gasteiger partial charge in [0.1, 0.15) is 17.6 Å². The highest BCUT2D eigenvalue weighted by molar-refractivity contribution is 5.98. The number of hydrogen-bond donors (Lipinski definition) is 1. The van der Waals surface area contributed by atoms with Crippen LogP contribution >= 0.6 is 0 Å². The summed E-state index contributed by atoms with van der Waals surface area (Å²) < 4.78 is 12.4. The summed E-state index contributed by atoms with van der Waals surface area (Å²) in [4.78, 5) is 45.6. The van der Waals surface area contributed by atoms with Crippen molar-refractivity contribution in [2.45, 2.75) is 88.5 Å². The number of carbonyl (C=O) groups excluding carboxylic acids is 3. The average Bonchev–Trinajstić information content (AvgIpc) is 3.53. The molecule has 3 aliphatic heterocycles. The third-order valence-corrected chi connectivity index (χ3v) is 9.00. The Bertz CT molecular complexity index is 1090. The Kier molecular flexibility index (Phi) is 10.4. The Morgan fingerprint density at radius 1 is 1.10 bits per heavy atom. The fourth-order valence-electron chi connectivity index (χ4n) is 7.07. The molecule has 2 unspecified atom stereocenters. The van der Waals surface area contributed by atoms with E-state index in [1.807, 2.05) is 43.3 Å². The van der Waals surface area contributed by atoms with Crippen LogP contribution < -0.4 is 0 Å². The maximum absolute atomic E-state index is 14.5. The first-order valence-corrected chi connectivity index (χ1v) is 15.2. The van der Waals surface area contributed by atoms with E-state index in [1.165, 1.54) is 0 Å². The van der Waals surface area contributed by atoms with E-state index in [4.69, 9.17) is 14.6 Å². The number of amides is 2. The number of allylic oxidation sites excluding steroid dienone is 1. The summed E-state index contributed by atoms with van der Waals surface area (Å²) in [6.07, 6.45) is 10.2. The number of fused-ring (bicyclic) bond motifs is 1. The van der Waals surface area contributed by atoms with Crippen LogP contribution in [0.15, 0.2) is 55.6 Å².